The van der Waals surface area contributed by atoms with Crippen LogP contribution in [0.5, 0.6) is 11.5 Å². The van der Waals surface area contributed by atoms with Crippen LogP contribution in [0.4, 0.5) is 0 Å². The lowest BCUT2D eigenvalue weighted by atomic mass is 10.0. The summed E-state index contributed by atoms with van der Waals surface area (Å²) < 4.78 is 16.9. The summed E-state index contributed by atoms with van der Waals surface area (Å²) in [5, 5.41) is 5.72. The molecular weight excluding hydrogens is 416 g/mol. The van der Waals surface area contributed by atoms with Crippen LogP contribution in [0.25, 0.3) is 10.9 Å². The Morgan fingerprint density at radius 1 is 1.19 bits per heavy atom. The Morgan fingerprint density at radius 3 is 2.53 bits per heavy atom. The van der Waals surface area contributed by atoms with E-state index in [1.807, 2.05) is 13.8 Å². The van der Waals surface area contributed by atoms with Gasteiger partial charge in [0.15, 0.2) is 11.5 Å². The van der Waals surface area contributed by atoms with Crippen LogP contribution in [0.3, 0.4) is 0 Å². The molecule has 2 amide bonds. The standard InChI is InChI=1S/C22H26N4O6/c1-13(2)20(21(28)23-10-14-6-5-7-32-14)25-19(27)11-26-12-24-16-9-18(31-4)17(30-3)8-15(16)22(26)29/h5-9,12-13,20H,10-11H2,1-4H3,(H,23,28)(H,25,27)/t20-/m1/s1. The van der Waals surface area contributed by atoms with Crippen molar-refractivity contribution in [3.63, 3.8) is 0 Å². The summed E-state index contributed by atoms with van der Waals surface area (Å²) in [6, 6.07) is 5.82. The van der Waals surface area contributed by atoms with Crippen LogP contribution >= 0.6 is 0 Å². The summed E-state index contributed by atoms with van der Waals surface area (Å²) in [5.41, 5.74) is 0.0103. The molecule has 0 aliphatic heterocycles. The molecule has 1 atom stereocenters. The summed E-state index contributed by atoms with van der Waals surface area (Å²) in [7, 11) is 2.96. The average Bonchev–Trinajstić information content (AvgIpc) is 3.30. The topological polar surface area (TPSA) is 125 Å². The first kappa shape index (κ1) is 22.9. The van der Waals surface area contributed by atoms with Crippen LogP contribution in [0.2, 0.25) is 0 Å². The summed E-state index contributed by atoms with van der Waals surface area (Å²) >= 11 is 0. The average molecular weight is 442 g/mol. The largest absolute Gasteiger partial charge is 0.493 e. The molecule has 0 bridgehead atoms. The first-order valence-electron chi connectivity index (χ1n) is 10.0. The summed E-state index contributed by atoms with van der Waals surface area (Å²) in [4.78, 5) is 42.3. The number of aromatic nitrogens is 2. The van der Waals surface area contributed by atoms with Gasteiger partial charge in [0.05, 0.1) is 44.3 Å². The molecule has 0 saturated carbocycles. The Hall–Kier alpha value is -3.82. The fraction of sp³-hybridized carbons (Fsp3) is 0.364. The number of ether oxygens (including phenoxy) is 2. The number of fused-ring (bicyclic) bond motifs is 1. The number of hydrogen-bond donors (Lipinski definition) is 2. The van der Waals surface area contributed by atoms with E-state index in [4.69, 9.17) is 13.9 Å². The maximum Gasteiger partial charge on any atom is 0.261 e. The summed E-state index contributed by atoms with van der Waals surface area (Å²) in [5.74, 6) is 0.440. The molecule has 0 radical (unpaired) electrons. The van der Waals surface area contributed by atoms with Crippen molar-refractivity contribution in [1.82, 2.24) is 20.2 Å². The van der Waals surface area contributed by atoms with Gasteiger partial charge in [-0.2, -0.15) is 0 Å². The third-order valence-corrected chi connectivity index (χ3v) is 4.93. The van der Waals surface area contributed by atoms with Crippen LogP contribution in [0.1, 0.15) is 19.6 Å². The van der Waals surface area contributed by atoms with Crippen molar-refractivity contribution in [2.45, 2.75) is 33.0 Å². The minimum absolute atomic E-state index is 0.168. The van der Waals surface area contributed by atoms with Gasteiger partial charge in [-0.15, -0.1) is 0 Å². The minimum Gasteiger partial charge on any atom is -0.493 e. The van der Waals surface area contributed by atoms with E-state index in [1.165, 1.54) is 37.4 Å². The van der Waals surface area contributed by atoms with E-state index in [-0.39, 0.29) is 30.3 Å². The molecule has 10 nitrogen and oxygen atoms in total. The lowest BCUT2D eigenvalue weighted by molar-refractivity contribution is -0.130. The van der Waals surface area contributed by atoms with E-state index in [2.05, 4.69) is 15.6 Å². The number of methoxy groups -OCH3 is 2. The highest BCUT2D eigenvalue weighted by molar-refractivity contribution is 5.88. The van der Waals surface area contributed by atoms with Crippen molar-refractivity contribution in [3.8, 4) is 11.5 Å². The highest BCUT2D eigenvalue weighted by Crippen LogP contribution is 2.29. The first-order valence-corrected chi connectivity index (χ1v) is 10.0. The number of hydrogen-bond acceptors (Lipinski definition) is 7. The SMILES string of the molecule is COc1cc2ncn(CC(=O)N[C@@H](C(=O)NCc3ccco3)C(C)C)c(=O)c2cc1OC. The number of benzene rings is 1. The number of carbonyl (C=O) groups excluding carboxylic acids is 2. The van der Waals surface area contributed by atoms with Crippen molar-refractivity contribution in [1.29, 1.82) is 0 Å². The Kier molecular flexibility index (Phi) is 7.14. The van der Waals surface area contributed by atoms with Crippen molar-refractivity contribution in [2.24, 2.45) is 5.92 Å². The molecule has 3 aromatic rings. The Labute approximate surface area is 184 Å². The third kappa shape index (κ3) is 5.08. The molecule has 2 aromatic heterocycles. The first-order chi connectivity index (χ1) is 15.3. The maximum absolute atomic E-state index is 12.9. The van der Waals surface area contributed by atoms with Gasteiger partial charge in [0, 0.05) is 6.07 Å². The smallest absolute Gasteiger partial charge is 0.261 e. The quantitative estimate of drug-likeness (QED) is 0.514. The van der Waals surface area contributed by atoms with Gasteiger partial charge < -0.3 is 24.5 Å². The molecule has 0 fully saturated rings. The van der Waals surface area contributed by atoms with Gasteiger partial charge in [0.2, 0.25) is 11.8 Å². The molecule has 0 aliphatic carbocycles. The van der Waals surface area contributed by atoms with E-state index in [9.17, 15) is 14.4 Å². The van der Waals surface area contributed by atoms with Gasteiger partial charge >= 0.3 is 0 Å². The molecule has 2 heterocycles. The zero-order valence-electron chi connectivity index (χ0n) is 18.4. The molecule has 10 heteroatoms. The second-order valence-corrected chi connectivity index (χ2v) is 7.49. The zero-order valence-corrected chi connectivity index (χ0v) is 18.4. The van der Waals surface area contributed by atoms with Gasteiger partial charge in [-0.1, -0.05) is 13.8 Å². The third-order valence-electron chi connectivity index (χ3n) is 4.93. The van der Waals surface area contributed by atoms with Gasteiger partial charge in [0.25, 0.3) is 5.56 Å². The molecule has 2 N–H and O–H groups in total. The van der Waals surface area contributed by atoms with Crippen LogP contribution in [0, 0.1) is 5.92 Å². The van der Waals surface area contributed by atoms with E-state index >= 15 is 0 Å². The molecule has 0 aliphatic rings. The van der Waals surface area contributed by atoms with Crippen molar-refractivity contribution < 1.29 is 23.5 Å². The lowest BCUT2D eigenvalue weighted by Gasteiger charge is -2.21. The highest BCUT2D eigenvalue weighted by atomic mass is 16.5. The predicted molar refractivity (Wildman–Crippen MR) is 116 cm³/mol. The van der Waals surface area contributed by atoms with Crippen LogP contribution < -0.4 is 25.7 Å². The molecule has 32 heavy (non-hydrogen) atoms. The Bertz CT molecular complexity index is 1150. The number of nitrogens with zero attached hydrogens (tertiary/aromatic N) is 2. The van der Waals surface area contributed by atoms with E-state index in [1.54, 1.807) is 18.2 Å². The van der Waals surface area contributed by atoms with Crippen LogP contribution in [-0.4, -0.2) is 41.6 Å². The van der Waals surface area contributed by atoms with Gasteiger partial charge in [-0.3, -0.25) is 19.0 Å². The molecule has 0 saturated heterocycles. The summed E-state index contributed by atoms with van der Waals surface area (Å²) in [6.45, 7) is 3.57. The van der Waals surface area contributed by atoms with Gasteiger partial charge in [0.1, 0.15) is 18.3 Å². The monoisotopic (exact) mass is 442 g/mol. The van der Waals surface area contributed by atoms with Gasteiger partial charge in [-0.25, -0.2) is 4.98 Å². The normalized spacial score (nSPS) is 11.9. The second-order valence-electron chi connectivity index (χ2n) is 7.49. The number of rotatable bonds is 9. The number of carbonyl (C=O) groups is 2. The van der Waals surface area contributed by atoms with Crippen molar-refractivity contribution in [2.75, 3.05) is 14.2 Å². The number of furan rings is 1. The fourth-order valence-corrected chi connectivity index (χ4v) is 3.20. The van der Waals surface area contributed by atoms with Gasteiger partial charge in [-0.05, 0) is 24.1 Å². The Morgan fingerprint density at radius 2 is 1.91 bits per heavy atom. The molecule has 1 aromatic carbocycles. The highest BCUT2D eigenvalue weighted by Gasteiger charge is 2.24. The van der Waals surface area contributed by atoms with Crippen molar-refractivity contribution >= 4 is 22.7 Å². The second kappa shape index (κ2) is 9.99. The lowest BCUT2D eigenvalue weighted by Crippen LogP contribution is -2.50. The molecule has 0 spiro atoms. The molecule has 170 valence electrons. The molecule has 3 rings (SSSR count). The predicted octanol–water partition coefficient (Wildman–Crippen LogP) is 1.46. The van der Waals surface area contributed by atoms with Crippen LogP contribution in [0.15, 0.2) is 46.1 Å². The maximum atomic E-state index is 12.9. The fourth-order valence-electron chi connectivity index (χ4n) is 3.20. The zero-order chi connectivity index (χ0) is 23.3. The van der Waals surface area contributed by atoms with E-state index < -0.39 is 17.5 Å². The summed E-state index contributed by atoms with van der Waals surface area (Å²) in [6.07, 6.45) is 2.81. The van der Waals surface area contributed by atoms with E-state index in [0.29, 0.717) is 22.8 Å². The molecular formula is C22H26N4O6. The minimum atomic E-state index is -0.772. The van der Waals surface area contributed by atoms with E-state index in [0.717, 1.165) is 0 Å². The number of nitrogens with one attached hydrogen (secondary N) is 2. The molecule has 0 unspecified atom stereocenters. The van der Waals surface area contributed by atoms with Crippen molar-refractivity contribution in [3.05, 3.63) is 53.0 Å². The number of amides is 2. The Balaban J connectivity index is 1.73. The van der Waals surface area contributed by atoms with Crippen LogP contribution in [-0.2, 0) is 22.7 Å².